The number of alkyl halides is 3. The molecule has 0 bridgehead atoms. The molecule has 0 atom stereocenters. The average molecular weight is 369 g/mol. The molecule has 0 radical (unpaired) electrons. The SMILES string of the molecule is O=C(Nc1cc(-c2ccncc2)c[nH]c1=O)C1CC1.O=C(O)C(F)(F)F. The molecule has 0 spiro atoms. The number of amides is 1. The Labute approximate surface area is 144 Å². The summed E-state index contributed by atoms with van der Waals surface area (Å²) in [7, 11) is 0. The molecule has 10 heteroatoms. The van der Waals surface area contributed by atoms with Crippen LogP contribution in [0.2, 0.25) is 0 Å². The fourth-order valence-corrected chi connectivity index (χ4v) is 1.87. The fraction of sp³-hybridized carbons (Fsp3) is 0.250. The van der Waals surface area contributed by atoms with Gasteiger partial charge in [0.05, 0.1) is 0 Å². The summed E-state index contributed by atoms with van der Waals surface area (Å²) in [5.74, 6) is -2.76. The summed E-state index contributed by atoms with van der Waals surface area (Å²) in [5.41, 5.74) is 1.79. The molecule has 3 rings (SSSR count). The van der Waals surface area contributed by atoms with Gasteiger partial charge in [0.2, 0.25) is 5.91 Å². The van der Waals surface area contributed by atoms with Gasteiger partial charge in [0.15, 0.2) is 0 Å². The van der Waals surface area contributed by atoms with E-state index in [0.29, 0.717) is 5.69 Å². The molecule has 0 aromatic carbocycles. The number of aromatic nitrogens is 2. The summed E-state index contributed by atoms with van der Waals surface area (Å²) in [6, 6.07) is 5.38. The van der Waals surface area contributed by atoms with Gasteiger partial charge < -0.3 is 15.4 Å². The number of hydrogen-bond donors (Lipinski definition) is 3. The Morgan fingerprint density at radius 1 is 1.19 bits per heavy atom. The molecule has 2 aromatic rings. The minimum absolute atomic E-state index is 0.0719. The van der Waals surface area contributed by atoms with Crippen molar-refractivity contribution in [3.05, 3.63) is 47.1 Å². The van der Waals surface area contributed by atoms with E-state index in [1.54, 1.807) is 24.7 Å². The van der Waals surface area contributed by atoms with Gasteiger partial charge in [-0.2, -0.15) is 13.2 Å². The van der Waals surface area contributed by atoms with E-state index in [1.165, 1.54) is 0 Å². The van der Waals surface area contributed by atoms with E-state index in [2.05, 4.69) is 15.3 Å². The number of halogens is 3. The lowest BCUT2D eigenvalue weighted by atomic mass is 10.1. The quantitative estimate of drug-likeness (QED) is 0.769. The van der Waals surface area contributed by atoms with Crippen molar-refractivity contribution in [3.63, 3.8) is 0 Å². The maximum absolute atomic E-state index is 11.7. The molecular weight excluding hydrogens is 355 g/mol. The second kappa shape index (κ2) is 7.81. The molecule has 1 aliphatic rings. The third-order valence-corrected chi connectivity index (χ3v) is 3.37. The molecule has 2 aromatic heterocycles. The van der Waals surface area contributed by atoms with Crippen molar-refractivity contribution in [1.82, 2.24) is 9.97 Å². The first-order valence-corrected chi connectivity index (χ1v) is 7.42. The smallest absolute Gasteiger partial charge is 0.475 e. The first kappa shape index (κ1) is 19.2. The largest absolute Gasteiger partial charge is 0.490 e. The number of aliphatic carboxylic acids is 1. The lowest BCUT2D eigenvalue weighted by Gasteiger charge is -2.06. The van der Waals surface area contributed by atoms with Crippen LogP contribution < -0.4 is 10.9 Å². The van der Waals surface area contributed by atoms with E-state index in [9.17, 15) is 22.8 Å². The van der Waals surface area contributed by atoms with Crippen molar-refractivity contribution in [3.8, 4) is 11.1 Å². The fourth-order valence-electron chi connectivity index (χ4n) is 1.87. The normalized spacial score (nSPS) is 13.3. The summed E-state index contributed by atoms with van der Waals surface area (Å²) in [6.07, 6.45) is 1.73. The number of nitrogens with one attached hydrogen (secondary N) is 2. The number of pyridine rings is 2. The van der Waals surface area contributed by atoms with Crippen molar-refractivity contribution in [2.24, 2.45) is 5.92 Å². The molecule has 26 heavy (non-hydrogen) atoms. The molecule has 138 valence electrons. The highest BCUT2D eigenvalue weighted by Crippen LogP contribution is 2.30. The molecule has 1 amide bonds. The Balaban J connectivity index is 0.000000298. The highest BCUT2D eigenvalue weighted by molar-refractivity contribution is 5.94. The number of carboxylic acids is 1. The van der Waals surface area contributed by atoms with Crippen LogP contribution in [0.4, 0.5) is 18.9 Å². The van der Waals surface area contributed by atoms with Gasteiger partial charge in [0, 0.05) is 30.1 Å². The monoisotopic (exact) mass is 369 g/mol. The van der Waals surface area contributed by atoms with E-state index in [0.717, 1.165) is 24.0 Å². The predicted molar refractivity (Wildman–Crippen MR) is 85.3 cm³/mol. The van der Waals surface area contributed by atoms with Crippen molar-refractivity contribution in [2.45, 2.75) is 19.0 Å². The van der Waals surface area contributed by atoms with Gasteiger partial charge in [0.25, 0.3) is 5.56 Å². The maximum atomic E-state index is 11.7. The van der Waals surface area contributed by atoms with Crippen molar-refractivity contribution in [2.75, 3.05) is 5.32 Å². The van der Waals surface area contributed by atoms with Crippen LogP contribution in [0.3, 0.4) is 0 Å². The Hall–Kier alpha value is -3.17. The zero-order valence-electron chi connectivity index (χ0n) is 13.2. The zero-order chi connectivity index (χ0) is 19.3. The van der Waals surface area contributed by atoms with Crippen LogP contribution in [-0.4, -0.2) is 33.1 Å². The third-order valence-electron chi connectivity index (χ3n) is 3.37. The maximum Gasteiger partial charge on any atom is 0.490 e. The summed E-state index contributed by atoms with van der Waals surface area (Å²) in [5, 5.41) is 9.81. The van der Waals surface area contributed by atoms with E-state index < -0.39 is 12.1 Å². The van der Waals surface area contributed by atoms with Crippen LogP contribution in [0.1, 0.15) is 12.8 Å². The van der Waals surface area contributed by atoms with Crippen LogP contribution >= 0.6 is 0 Å². The number of aromatic amines is 1. The van der Waals surface area contributed by atoms with Crippen LogP contribution in [0.25, 0.3) is 11.1 Å². The minimum Gasteiger partial charge on any atom is -0.475 e. The van der Waals surface area contributed by atoms with Crippen molar-refractivity contribution < 1.29 is 27.9 Å². The Kier molecular flexibility index (Phi) is 5.75. The number of carbonyl (C=O) groups excluding carboxylic acids is 1. The summed E-state index contributed by atoms with van der Waals surface area (Å²) in [4.78, 5) is 38.9. The number of carbonyl (C=O) groups is 2. The Morgan fingerprint density at radius 3 is 2.27 bits per heavy atom. The zero-order valence-corrected chi connectivity index (χ0v) is 13.2. The van der Waals surface area contributed by atoms with Crippen molar-refractivity contribution in [1.29, 1.82) is 0 Å². The first-order chi connectivity index (χ1) is 12.2. The Morgan fingerprint density at radius 2 is 1.77 bits per heavy atom. The number of H-pyrrole nitrogens is 1. The van der Waals surface area contributed by atoms with Gasteiger partial charge in [-0.1, -0.05) is 0 Å². The van der Waals surface area contributed by atoms with Gasteiger partial charge in [-0.15, -0.1) is 0 Å². The second-order valence-corrected chi connectivity index (χ2v) is 5.43. The molecule has 2 heterocycles. The van der Waals surface area contributed by atoms with Crippen LogP contribution in [-0.2, 0) is 9.59 Å². The molecule has 0 saturated heterocycles. The highest BCUT2D eigenvalue weighted by Gasteiger charge is 2.38. The molecular formula is C16H14F3N3O4. The van der Waals surface area contributed by atoms with E-state index in [1.807, 2.05) is 12.1 Å². The lowest BCUT2D eigenvalue weighted by Crippen LogP contribution is -2.21. The van der Waals surface area contributed by atoms with Crippen molar-refractivity contribution >= 4 is 17.6 Å². The van der Waals surface area contributed by atoms with Gasteiger partial charge in [0.1, 0.15) is 5.69 Å². The average Bonchev–Trinajstić information content (AvgIpc) is 3.42. The van der Waals surface area contributed by atoms with Gasteiger partial charge >= 0.3 is 12.1 Å². The Bertz CT molecular complexity index is 846. The van der Waals surface area contributed by atoms with E-state index >= 15 is 0 Å². The van der Waals surface area contributed by atoms with Gasteiger partial charge in [-0.25, -0.2) is 4.79 Å². The summed E-state index contributed by atoms with van der Waals surface area (Å²) >= 11 is 0. The molecule has 1 fully saturated rings. The first-order valence-electron chi connectivity index (χ1n) is 7.42. The highest BCUT2D eigenvalue weighted by atomic mass is 19.4. The second-order valence-electron chi connectivity index (χ2n) is 5.43. The van der Waals surface area contributed by atoms with Crippen LogP contribution in [0.5, 0.6) is 0 Å². The van der Waals surface area contributed by atoms with Gasteiger partial charge in [-0.3, -0.25) is 14.6 Å². The molecule has 7 nitrogen and oxygen atoms in total. The topological polar surface area (TPSA) is 112 Å². The standard InChI is InChI=1S/C14H13N3O2.C2HF3O2/c18-13(10-1-2-10)17-12-7-11(8-16-14(12)19)9-3-5-15-6-4-9;3-2(4,5)1(6)7/h3-8,10H,1-2H2,(H,16,19)(H,17,18);(H,6,7). The molecule has 0 aliphatic heterocycles. The molecule has 3 N–H and O–H groups in total. The number of anilines is 1. The number of hydrogen-bond acceptors (Lipinski definition) is 4. The number of rotatable bonds is 3. The van der Waals surface area contributed by atoms with E-state index in [4.69, 9.17) is 9.90 Å². The third kappa shape index (κ3) is 5.43. The summed E-state index contributed by atoms with van der Waals surface area (Å²) in [6.45, 7) is 0. The summed E-state index contributed by atoms with van der Waals surface area (Å²) < 4.78 is 31.7. The molecule has 1 saturated carbocycles. The lowest BCUT2D eigenvalue weighted by molar-refractivity contribution is -0.192. The molecule has 0 unspecified atom stereocenters. The number of nitrogens with zero attached hydrogens (tertiary/aromatic N) is 1. The molecule has 1 aliphatic carbocycles. The van der Waals surface area contributed by atoms with Crippen LogP contribution in [0.15, 0.2) is 41.6 Å². The minimum atomic E-state index is -5.08. The number of carboxylic acid groups (broad SMARTS) is 1. The van der Waals surface area contributed by atoms with Gasteiger partial charge in [-0.05, 0) is 36.6 Å². The van der Waals surface area contributed by atoms with E-state index in [-0.39, 0.29) is 17.4 Å². The predicted octanol–water partition coefficient (Wildman–Crippen LogP) is 2.42. The van der Waals surface area contributed by atoms with Crippen LogP contribution in [0, 0.1) is 5.92 Å².